The number of aromatic nitrogens is 2. The van der Waals surface area contributed by atoms with Crippen LogP contribution in [0.2, 0.25) is 5.02 Å². The van der Waals surface area contributed by atoms with Gasteiger partial charge in [-0.3, -0.25) is 9.48 Å². The summed E-state index contributed by atoms with van der Waals surface area (Å²) in [4.78, 5) is 11.6. The highest BCUT2D eigenvalue weighted by atomic mass is 35.5. The molecule has 27 heavy (non-hydrogen) atoms. The first-order chi connectivity index (χ1) is 12.8. The maximum atomic E-state index is 13.3. The number of nitrogens with one attached hydrogen (secondary N) is 1. The largest absolute Gasteiger partial charge is 0.465 e. The van der Waals surface area contributed by atoms with Crippen molar-refractivity contribution in [3.8, 4) is 0 Å². The number of ether oxygens (including phenoxy) is 1. The molecule has 1 heterocycles. The molecule has 0 aliphatic heterocycles. The zero-order valence-corrected chi connectivity index (χ0v) is 16.2. The molecule has 1 N–H and O–H groups in total. The van der Waals surface area contributed by atoms with Crippen molar-refractivity contribution in [3.63, 3.8) is 0 Å². The van der Waals surface area contributed by atoms with Crippen LogP contribution in [0, 0.1) is 5.82 Å². The van der Waals surface area contributed by atoms with Gasteiger partial charge in [0.15, 0.2) is 0 Å². The fourth-order valence-corrected chi connectivity index (χ4v) is 4.63. The Bertz CT molecular complexity index is 961. The van der Waals surface area contributed by atoms with E-state index in [1.54, 1.807) is 17.8 Å². The van der Waals surface area contributed by atoms with Gasteiger partial charge in [0.05, 0.1) is 28.8 Å². The van der Waals surface area contributed by atoms with Gasteiger partial charge in [0.25, 0.3) is 0 Å². The quantitative estimate of drug-likeness (QED) is 0.732. The topological polar surface area (TPSA) is 90.3 Å². The van der Waals surface area contributed by atoms with E-state index in [0.717, 1.165) is 35.9 Å². The van der Waals surface area contributed by atoms with Crippen molar-refractivity contribution in [1.29, 1.82) is 0 Å². The Labute approximate surface area is 161 Å². The Balaban J connectivity index is 1.82. The number of hydrogen-bond acceptors (Lipinski definition) is 5. The standard InChI is InChI=1S/C17H19ClFN3O4S/c1-2-26-17(23)10-22-16-5-3-4-15(12(16)9-20-22)21-27(24,25)11-6-7-14(19)13(18)8-11/h6-9,15,21H,2-5,10H2,1H3/t15-/m1/s1. The summed E-state index contributed by atoms with van der Waals surface area (Å²) in [5.74, 6) is -1.08. The average Bonchev–Trinajstić information content (AvgIpc) is 3.01. The molecule has 0 saturated carbocycles. The minimum atomic E-state index is -3.89. The Hall–Kier alpha value is -1.97. The lowest BCUT2D eigenvalue weighted by atomic mass is 9.94. The minimum Gasteiger partial charge on any atom is -0.465 e. The van der Waals surface area contributed by atoms with Crippen LogP contribution in [0.4, 0.5) is 4.39 Å². The summed E-state index contributed by atoms with van der Waals surface area (Å²) in [5.41, 5.74) is 1.53. The molecule has 1 aromatic heterocycles. The molecule has 0 bridgehead atoms. The Kier molecular flexibility index (Phi) is 5.83. The third-order valence-electron chi connectivity index (χ3n) is 4.35. The molecule has 1 aromatic carbocycles. The summed E-state index contributed by atoms with van der Waals surface area (Å²) < 4.78 is 47.7. The number of rotatable bonds is 6. The second-order valence-corrected chi connectivity index (χ2v) is 8.27. The molecule has 7 nitrogen and oxygen atoms in total. The lowest BCUT2D eigenvalue weighted by molar-refractivity contribution is -0.144. The van der Waals surface area contributed by atoms with Gasteiger partial charge in [-0.1, -0.05) is 11.6 Å². The maximum Gasteiger partial charge on any atom is 0.327 e. The molecule has 3 rings (SSSR count). The van der Waals surface area contributed by atoms with Gasteiger partial charge in [-0.05, 0) is 44.4 Å². The van der Waals surface area contributed by atoms with E-state index in [1.807, 2.05) is 0 Å². The summed E-state index contributed by atoms with van der Waals surface area (Å²) in [7, 11) is -3.89. The number of halogens is 2. The molecule has 0 spiro atoms. The van der Waals surface area contributed by atoms with Crippen LogP contribution in [0.25, 0.3) is 0 Å². The third-order valence-corrected chi connectivity index (χ3v) is 6.10. The third kappa shape index (κ3) is 4.31. The first-order valence-electron chi connectivity index (χ1n) is 8.49. The lowest BCUT2D eigenvalue weighted by Gasteiger charge is -2.24. The van der Waals surface area contributed by atoms with Crippen molar-refractivity contribution in [3.05, 3.63) is 46.5 Å². The van der Waals surface area contributed by atoms with Crippen LogP contribution in [-0.2, 0) is 32.5 Å². The van der Waals surface area contributed by atoms with Gasteiger partial charge in [0.1, 0.15) is 12.4 Å². The van der Waals surface area contributed by atoms with Gasteiger partial charge >= 0.3 is 5.97 Å². The molecule has 2 aromatic rings. The van der Waals surface area contributed by atoms with E-state index in [0.29, 0.717) is 12.8 Å². The van der Waals surface area contributed by atoms with E-state index in [1.165, 1.54) is 0 Å². The van der Waals surface area contributed by atoms with Crippen LogP contribution in [0.1, 0.15) is 37.1 Å². The Morgan fingerprint density at radius 1 is 1.48 bits per heavy atom. The molecular formula is C17H19ClFN3O4S. The monoisotopic (exact) mass is 415 g/mol. The summed E-state index contributed by atoms with van der Waals surface area (Å²) in [6.45, 7) is 1.99. The number of hydrogen-bond donors (Lipinski definition) is 1. The number of esters is 1. The number of sulfonamides is 1. The van der Waals surface area contributed by atoms with E-state index in [2.05, 4.69) is 9.82 Å². The summed E-state index contributed by atoms with van der Waals surface area (Å²) >= 11 is 5.70. The summed E-state index contributed by atoms with van der Waals surface area (Å²) in [6, 6.07) is 2.77. The van der Waals surface area contributed by atoms with Gasteiger partial charge in [-0.15, -0.1) is 0 Å². The van der Waals surface area contributed by atoms with Crippen LogP contribution in [0.5, 0.6) is 0 Å². The lowest BCUT2D eigenvalue weighted by Crippen LogP contribution is -2.31. The molecule has 0 fully saturated rings. The molecule has 0 radical (unpaired) electrons. The van der Waals surface area contributed by atoms with Crippen LogP contribution in [0.15, 0.2) is 29.3 Å². The molecule has 10 heteroatoms. The van der Waals surface area contributed by atoms with Crippen molar-refractivity contribution in [2.75, 3.05) is 6.61 Å². The molecule has 0 saturated heterocycles. The zero-order chi connectivity index (χ0) is 19.6. The molecule has 1 aliphatic rings. The van der Waals surface area contributed by atoms with E-state index in [-0.39, 0.29) is 23.1 Å². The van der Waals surface area contributed by atoms with Gasteiger partial charge < -0.3 is 4.74 Å². The van der Waals surface area contributed by atoms with Crippen LogP contribution >= 0.6 is 11.6 Å². The molecule has 0 amide bonds. The first kappa shape index (κ1) is 19.8. The van der Waals surface area contributed by atoms with E-state index in [9.17, 15) is 17.6 Å². The second-order valence-electron chi connectivity index (χ2n) is 6.15. The minimum absolute atomic E-state index is 0.0176. The number of nitrogens with zero attached hydrogens (tertiary/aromatic N) is 2. The van der Waals surface area contributed by atoms with Crippen LogP contribution in [-0.4, -0.2) is 30.8 Å². The molecule has 1 atom stereocenters. The number of carbonyl (C=O) groups is 1. The molecule has 1 aliphatic carbocycles. The van der Waals surface area contributed by atoms with Gasteiger partial charge in [-0.25, -0.2) is 17.5 Å². The van der Waals surface area contributed by atoms with Crippen molar-refractivity contribution in [2.45, 2.75) is 43.7 Å². The van der Waals surface area contributed by atoms with Gasteiger partial charge in [0, 0.05) is 11.3 Å². The van der Waals surface area contributed by atoms with Crippen molar-refractivity contribution >= 4 is 27.6 Å². The normalized spacial score (nSPS) is 16.8. The molecule has 146 valence electrons. The maximum absolute atomic E-state index is 13.3. The number of fused-ring (bicyclic) bond motifs is 1. The fourth-order valence-electron chi connectivity index (χ4n) is 3.11. The molecular weight excluding hydrogens is 397 g/mol. The SMILES string of the molecule is CCOC(=O)Cn1ncc2c1CCC[C@H]2NS(=O)(=O)c1ccc(F)c(Cl)c1. The fraction of sp³-hybridized carbons (Fsp3) is 0.412. The smallest absolute Gasteiger partial charge is 0.327 e. The Morgan fingerprint density at radius 2 is 2.26 bits per heavy atom. The van der Waals surface area contributed by atoms with E-state index < -0.39 is 27.9 Å². The zero-order valence-electron chi connectivity index (χ0n) is 14.6. The van der Waals surface area contributed by atoms with Gasteiger partial charge in [-0.2, -0.15) is 5.10 Å². The van der Waals surface area contributed by atoms with Crippen molar-refractivity contribution in [2.24, 2.45) is 0 Å². The highest BCUT2D eigenvalue weighted by Crippen LogP contribution is 2.31. The summed E-state index contributed by atoms with van der Waals surface area (Å²) in [6.07, 6.45) is 3.58. The van der Waals surface area contributed by atoms with Gasteiger partial charge in [0.2, 0.25) is 10.0 Å². The summed E-state index contributed by atoms with van der Waals surface area (Å²) in [5, 5.41) is 3.95. The van der Waals surface area contributed by atoms with E-state index in [4.69, 9.17) is 16.3 Å². The first-order valence-corrected chi connectivity index (χ1v) is 10.4. The predicted molar refractivity (Wildman–Crippen MR) is 96.3 cm³/mol. The van der Waals surface area contributed by atoms with E-state index >= 15 is 0 Å². The van der Waals surface area contributed by atoms with Crippen LogP contribution < -0.4 is 4.72 Å². The average molecular weight is 416 g/mol. The van der Waals surface area contributed by atoms with Crippen molar-refractivity contribution in [1.82, 2.24) is 14.5 Å². The van der Waals surface area contributed by atoms with Crippen molar-refractivity contribution < 1.29 is 22.3 Å². The highest BCUT2D eigenvalue weighted by Gasteiger charge is 2.29. The Morgan fingerprint density at radius 3 is 2.96 bits per heavy atom. The predicted octanol–water partition coefficient (Wildman–Crippen LogP) is 2.59. The van der Waals surface area contributed by atoms with Crippen LogP contribution in [0.3, 0.4) is 0 Å². The number of benzene rings is 1. The number of carbonyl (C=O) groups excluding carboxylic acids is 1. The highest BCUT2D eigenvalue weighted by molar-refractivity contribution is 7.89. The molecule has 0 unspecified atom stereocenters. The second kappa shape index (κ2) is 7.95.